The Bertz CT molecular complexity index is 1510. The molecule has 0 aliphatic heterocycles. The number of nitriles is 2. The number of fused-ring (bicyclic) bond motifs is 2. The minimum absolute atomic E-state index is 0.0514. The second-order valence-corrected chi connectivity index (χ2v) is 8.25. The van der Waals surface area contributed by atoms with E-state index in [1.54, 1.807) is 47.9 Å². The quantitative estimate of drug-likeness (QED) is 0.323. The van der Waals surface area contributed by atoms with Crippen LogP contribution in [-0.2, 0) is 7.05 Å². The summed E-state index contributed by atoms with van der Waals surface area (Å²) in [5.74, 6) is -0.165. The van der Waals surface area contributed by atoms with E-state index in [4.69, 9.17) is 0 Å². The van der Waals surface area contributed by atoms with E-state index in [0.717, 1.165) is 26.4 Å². The fourth-order valence-electron chi connectivity index (χ4n) is 3.98. The van der Waals surface area contributed by atoms with E-state index in [1.807, 2.05) is 43.6 Å². The van der Waals surface area contributed by atoms with Crippen molar-refractivity contribution in [2.24, 2.45) is 7.05 Å². The first-order valence-electron chi connectivity index (χ1n) is 9.52. The summed E-state index contributed by atoms with van der Waals surface area (Å²) in [6.45, 7) is 0. The maximum atomic E-state index is 13.1. The normalized spacial score (nSPS) is 14.0. The molecule has 0 unspecified atom stereocenters. The topological polar surface area (TPSA) is 82.5 Å². The number of nitrogens with zero attached hydrogens (tertiary/aromatic N) is 4. The molecule has 0 fully saturated rings. The van der Waals surface area contributed by atoms with Gasteiger partial charge in [-0.05, 0) is 35.9 Å². The van der Waals surface area contributed by atoms with Gasteiger partial charge in [-0.3, -0.25) is 9.78 Å². The molecule has 0 amide bonds. The molecule has 5 rings (SSSR count). The van der Waals surface area contributed by atoms with Crippen LogP contribution in [0.25, 0.3) is 33.1 Å². The summed E-state index contributed by atoms with van der Waals surface area (Å²) in [5, 5.41) is 18.9. The molecule has 3 aromatic heterocycles. The number of ketones is 1. The molecule has 0 atom stereocenters. The van der Waals surface area contributed by atoms with E-state index < -0.39 is 0 Å². The number of carbonyl (C=O) groups excluding carboxylic acids is 1. The minimum atomic E-state index is -0.165. The van der Waals surface area contributed by atoms with Crippen LogP contribution in [0.15, 0.2) is 72.1 Å². The lowest BCUT2D eigenvalue weighted by molar-refractivity contribution is 0.104. The molecule has 0 saturated carbocycles. The highest BCUT2D eigenvalue weighted by Gasteiger charge is 2.32. The molecule has 0 N–H and O–H groups in total. The van der Waals surface area contributed by atoms with Gasteiger partial charge in [0.05, 0.1) is 15.9 Å². The number of hydrogen-bond acceptors (Lipinski definition) is 5. The Balaban J connectivity index is 1.65. The second-order valence-electron chi connectivity index (χ2n) is 7.13. The third-order valence-electron chi connectivity index (χ3n) is 5.42. The number of thiophene rings is 1. The fraction of sp³-hybridized carbons (Fsp3) is 0.0400. The zero-order valence-corrected chi connectivity index (χ0v) is 17.3. The SMILES string of the molecule is Cn1c(-c2cccnc2)cc2sc(/C=C3\C(=O)c4ccccc4C3=C(C#N)C#N)cc21. The number of pyridine rings is 1. The van der Waals surface area contributed by atoms with Crippen molar-refractivity contribution in [3.63, 3.8) is 0 Å². The molecule has 31 heavy (non-hydrogen) atoms. The maximum absolute atomic E-state index is 13.1. The molecular weight excluding hydrogens is 404 g/mol. The first kappa shape index (κ1) is 18.7. The van der Waals surface area contributed by atoms with Crippen molar-refractivity contribution >= 4 is 39.0 Å². The van der Waals surface area contributed by atoms with Gasteiger partial charge in [0.1, 0.15) is 17.7 Å². The van der Waals surface area contributed by atoms with Gasteiger partial charge < -0.3 is 4.57 Å². The van der Waals surface area contributed by atoms with Crippen LogP contribution in [0, 0.1) is 22.7 Å². The fourth-order valence-corrected chi connectivity index (χ4v) is 5.05. The third-order valence-corrected chi connectivity index (χ3v) is 6.44. The van der Waals surface area contributed by atoms with Gasteiger partial charge in [-0.15, -0.1) is 11.3 Å². The summed E-state index contributed by atoms with van der Waals surface area (Å²) < 4.78 is 3.19. The molecule has 0 saturated heterocycles. The Morgan fingerprint density at radius 2 is 1.87 bits per heavy atom. The Morgan fingerprint density at radius 1 is 1.10 bits per heavy atom. The standard InChI is InChI=1S/C25H14N4OS/c1-29-21(15-5-4-8-28-14-15)11-23-22(29)10-17(31-23)9-20-24(16(12-26)13-27)18-6-2-3-7-19(18)25(20)30/h2-11,14H,1H3/b20-9-. The maximum Gasteiger partial charge on any atom is 0.194 e. The van der Waals surface area contributed by atoms with E-state index in [0.29, 0.717) is 22.3 Å². The predicted molar refractivity (Wildman–Crippen MR) is 121 cm³/mol. The molecule has 146 valence electrons. The summed E-state index contributed by atoms with van der Waals surface area (Å²) in [6.07, 6.45) is 5.37. The summed E-state index contributed by atoms with van der Waals surface area (Å²) in [7, 11) is 2.00. The lowest BCUT2D eigenvalue weighted by atomic mass is 9.99. The number of rotatable bonds is 2. The summed E-state index contributed by atoms with van der Waals surface area (Å²) in [5.41, 5.74) is 5.05. The van der Waals surface area contributed by atoms with Crippen LogP contribution in [0.1, 0.15) is 20.8 Å². The monoisotopic (exact) mass is 418 g/mol. The molecule has 4 aromatic rings. The number of aryl methyl sites for hydroxylation is 1. The van der Waals surface area contributed by atoms with Crippen molar-refractivity contribution in [3.05, 3.63) is 88.1 Å². The molecule has 0 spiro atoms. The number of aromatic nitrogens is 2. The molecule has 3 heterocycles. The Kier molecular flexibility index (Phi) is 4.36. The number of benzene rings is 1. The molecule has 6 heteroatoms. The van der Waals surface area contributed by atoms with Crippen LogP contribution in [-0.4, -0.2) is 15.3 Å². The lowest BCUT2D eigenvalue weighted by Crippen LogP contribution is -1.95. The van der Waals surface area contributed by atoms with E-state index in [1.165, 1.54) is 0 Å². The molecule has 0 radical (unpaired) electrons. The number of hydrogen-bond donors (Lipinski definition) is 0. The highest BCUT2D eigenvalue weighted by Crippen LogP contribution is 2.41. The summed E-state index contributed by atoms with van der Waals surface area (Å²) >= 11 is 1.57. The smallest absolute Gasteiger partial charge is 0.194 e. The number of allylic oxidation sites excluding steroid dienone is 3. The van der Waals surface area contributed by atoms with E-state index in [-0.39, 0.29) is 11.4 Å². The molecular formula is C25H14N4OS. The zero-order valence-electron chi connectivity index (χ0n) is 16.5. The Labute approximate surface area is 182 Å². The number of carbonyl (C=O) groups is 1. The minimum Gasteiger partial charge on any atom is -0.343 e. The van der Waals surface area contributed by atoms with Crippen LogP contribution >= 0.6 is 11.3 Å². The van der Waals surface area contributed by atoms with Crippen LogP contribution in [0.3, 0.4) is 0 Å². The van der Waals surface area contributed by atoms with Crippen molar-refractivity contribution in [2.45, 2.75) is 0 Å². The largest absolute Gasteiger partial charge is 0.343 e. The van der Waals surface area contributed by atoms with Crippen LogP contribution in [0.4, 0.5) is 0 Å². The third kappa shape index (κ3) is 2.90. The molecule has 1 aliphatic rings. The molecule has 1 aliphatic carbocycles. The molecule has 0 bridgehead atoms. The van der Waals surface area contributed by atoms with Crippen molar-refractivity contribution in [1.82, 2.24) is 9.55 Å². The lowest BCUT2D eigenvalue weighted by Gasteiger charge is -2.03. The van der Waals surface area contributed by atoms with E-state index in [9.17, 15) is 15.3 Å². The van der Waals surface area contributed by atoms with Gasteiger partial charge in [-0.2, -0.15) is 10.5 Å². The molecule has 1 aromatic carbocycles. The Hall–Kier alpha value is -4.26. The van der Waals surface area contributed by atoms with Gasteiger partial charge in [0, 0.05) is 46.6 Å². The first-order valence-corrected chi connectivity index (χ1v) is 10.3. The average Bonchev–Trinajstić information content (AvgIpc) is 3.43. The average molecular weight is 418 g/mol. The van der Waals surface area contributed by atoms with Crippen molar-refractivity contribution < 1.29 is 4.79 Å². The van der Waals surface area contributed by atoms with E-state index in [2.05, 4.69) is 15.6 Å². The van der Waals surface area contributed by atoms with E-state index >= 15 is 0 Å². The molecule has 5 nitrogen and oxygen atoms in total. The highest BCUT2D eigenvalue weighted by molar-refractivity contribution is 7.19. The summed E-state index contributed by atoms with van der Waals surface area (Å²) in [4.78, 5) is 18.2. The van der Waals surface area contributed by atoms with Gasteiger partial charge >= 0.3 is 0 Å². The zero-order chi connectivity index (χ0) is 21.5. The van der Waals surface area contributed by atoms with Gasteiger partial charge in [0.2, 0.25) is 0 Å². The van der Waals surface area contributed by atoms with Crippen molar-refractivity contribution in [2.75, 3.05) is 0 Å². The van der Waals surface area contributed by atoms with Gasteiger partial charge in [-0.25, -0.2) is 0 Å². The van der Waals surface area contributed by atoms with Crippen LogP contribution in [0.2, 0.25) is 0 Å². The highest BCUT2D eigenvalue weighted by atomic mass is 32.1. The number of Topliss-reactive ketones (excluding diaryl/α,β-unsaturated/α-hetero) is 1. The summed E-state index contributed by atoms with van der Waals surface area (Å²) in [6, 6.07) is 19.1. The van der Waals surface area contributed by atoms with Crippen LogP contribution in [0.5, 0.6) is 0 Å². The van der Waals surface area contributed by atoms with Gasteiger partial charge in [-0.1, -0.05) is 24.3 Å². The Morgan fingerprint density at radius 3 is 2.55 bits per heavy atom. The predicted octanol–water partition coefficient (Wildman–Crippen LogP) is 5.38. The van der Waals surface area contributed by atoms with Crippen molar-refractivity contribution in [1.29, 1.82) is 10.5 Å². The first-order chi connectivity index (χ1) is 15.1. The van der Waals surface area contributed by atoms with Crippen molar-refractivity contribution in [3.8, 4) is 23.4 Å². The second kappa shape index (κ2) is 7.21. The van der Waals surface area contributed by atoms with Gasteiger partial charge in [0.25, 0.3) is 0 Å². The van der Waals surface area contributed by atoms with Crippen LogP contribution < -0.4 is 0 Å². The van der Waals surface area contributed by atoms with Gasteiger partial charge in [0.15, 0.2) is 5.78 Å².